The fourth-order valence-electron chi connectivity index (χ4n) is 2.57. The molecule has 2 rings (SSSR count). The smallest absolute Gasteiger partial charge is 0.330 e. The second kappa shape index (κ2) is 6.23. The number of nitrogens with two attached hydrogens (primary N) is 1. The number of esters is 1. The van der Waals surface area contributed by atoms with Crippen molar-refractivity contribution in [2.45, 2.75) is 19.4 Å². The van der Waals surface area contributed by atoms with Crippen molar-refractivity contribution >= 4 is 16.7 Å². The molecule has 2 aromatic rings. The number of ether oxygens (including phenoxy) is 3. The molecule has 5 heteroatoms. The molecule has 0 aliphatic heterocycles. The van der Waals surface area contributed by atoms with E-state index in [1.165, 1.54) is 7.11 Å². The van der Waals surface area contributed by atoms with Crippen LogP contribution < -0.4 is 15.2 Å². The monoisotopic (exact) mass is 303 g/mol. The molecule has 22 heavy (non-hydrogen) atoms. The van der Waals surface area contributed by atoms with Gasteiger partial charge < -0.3 is 19.9 Å². The summed E-state index contributed by atoms with van der Waals surface area (Å²) >= 11 is 0. The van der Waals surface area contributed by atoms with Gasteiger partial charge in [0.05, 0.1) is 20.8 Å². The first kappa shape index (κ1) is 16.1. The number of hydrogen-bond donors (Lipinski definition) is 1. The molecule has 1 atom stereocenters. The van der Waals surface area contributed by atoms with Gasteiger partial charge in [0.2, 0.25) is 0 Å². The minimum Gasteiger partial charge on any atom is -0.496 e. The first-order chi connectivity index (χ1) is 10.5. The molecule has 0 heterocycles. The Morgan fingerprint density at radius 1 is 1.14 bits per heavy atom. The van der Waals surface area contributed by atoms with E-state index in [-0.39, 0.29) is 6.61 Å². The van der Waals surface area contributed by atoms with E-state index in [0.717, 1.165) is 10.8 Å². The summed E-state index contributed by atoms with van der Waals surface area (Å²) in [4.78, 5) is 12.3. The molecule has 0 aliphatic carbocycles. The summed E-state index contributed by atoms with van der Waals surface area (Å²) in [7, 11) is 3.13. The van der Waals surface area contributed by atoms with Crippen molar-refractivity contribution in [1.82, 2.24) is 0 Å². The highest BCUT2D eigenvalue weighted by molar-refractivity contribution is 5.98. The van der Waals surface area contributed by atoms with Crippen molar-refractivity contribution in [3.63, 3.8) is 0 Å². The third-order valence-electron chi connectivity index (χ3n) is 3.63. The predicted octanol–water partition coefficient (Wildman–Crippen LogP) is 2.59. The lowest BCUT2D eigenvalue weighted by Gasteiger charge is -2.27. The number of carbonyl (C=O) groups is 1. The first-order valence-corrected chi connectivity index (χ1v) is 7.07. The summed E-state index contributed by atoms with van der Waals surface area (Å²) in [5, 5.41) is 1.67. The number of methoxy groups -OCH3 is 2. The molecule has 0 aromatic heterocycles. The van der Waals surface area contributed by atoms with Crippen molar-refractivity contribution in [2.24, 2.45) is 5.73 Å². The van der Waals surface area contributed by atoms with Gasteiger partial charge in [-0.05, 0) is 19.2 Å². The minimum atomic E-state index is -1.33. The van der Waals surface area contributed by atoms with Gasteiger partial charge in [-0.25, -0.2) is 4.79 Å². The Hall–Kier alpha value is -2.27. The zero-order valence-corrected chi connectivity index (χ0v) is 13.3. The molecule has 1 unspecified atom stereocenters. The highest BCUT2D eigenvalue weighted by atomic mass is 16.5. The molecule has 0 bridgehead atoms. The van der Waals surface area contributed by atoms with Crippen molar-refractivity contribution in [1.29, 1.82) is 0 Å². The lowest BCUT2D eigenvalue weighted by atomic mass is 9.87. The van der Waals surface area contributed by atoms with Crippen LogP contribution in [0.25, 0.3) is 10.8 Å². The average molecular weight is 303 g/mol. The van der Waals surface area contributed by atoms with E-state index in [9.17, 15) is 4.79 Å². The number of benzene rings is 2. The third kappa shape index (κ3) is 2.60. The van der Waals surface area contributed by atoms with E-state index >= 15 is 0 Å². The van der Waals surface area contributed by atoms with E-state index in [0.29, 0.717) is 17.1 Å². The maximum absolute atomic E-state index is 12.3. The molecule has 0 fully saturated rings. The lowest BCUT2D eigenvalue weighted by molar-refractivity contribution is -0.149. The van der Waals surface area contributed by atoms with Crippen LogP contribution in [0.2, 0.25) is 0 Å². The Morgan fingerprint density at radius 2 is 1.73 bits per heavy atom. The summed E-state index contributed by atoms with van der Waals surface area (Å²) in [6, 6.07) is 9.33. The van der Waals surface area contributed by atoms with Gasteiger partial charge in [-0.1, -0.05) is 24.3 Å². The number of fused-ring (bicyclic) bond motifs is 1. The topological polar surface area (TPSA) is 70.8 Å². The van der Waals surface area contributed by atoms with Gasteiger partial charge >= 0.3 is 5.97 Å². The molecule has 2 aromatic carbocycles. The highest BCUT2D eigenvalue weighted by Crippen LogP contribution is 2.40. The highest BCUT2D eigenvalue weighted by Gasteiger charge is 2.37. The Balaban J connectivity index is 2.79. The summed E-state index contributed by atoms with van der Waals surface area (Å²) in [6.07, 6.45) is 0. The Labute approximate surface area is 130 Å². The van der Waals surface area contributed by atoms with Crippen LogP contribution in [0.4, 0.5) is 0 Å². The molecule has 0 saturated carbocycles. The van der Waals surface area contributed by atoms with E-state index in [1.54, 1.807) is 27.0 Å². The van der Waals surface area contributed by atoms with E-state index < -0.39 is 11.5 Å². The summed E-state index contributed by atoms with van der Waals surface area (Å²) in [5.74, 6) is 0.660. The average Bonchev–Trinajstić information content (AvgIpc) is 2.53. The molecule has 5 nitrogen and oxygen atoms in total. The SMILES string of the molecule is CCOC(=O)C(C)(N)c1c(OC)cc(OC)c2ccccc12. The van der Waals surface area contributed by atoms with Gasteiger partial charge in [0.1, 0.15) is 17.0 Å². The van der Waals surface area contributed by atoms with Gasteiger partial charge in [0.15, 0.2) is 0 Å². The van der Waals surface area contributed by atoms with Crippen LogP contribution in [0.3, 0.4) is 0 Å². The van der Waals surface area contributed by atoms with Crippen molar-refractivity contribution in [3.05, 3.63) is 35.9 Å². The quantitative estimate of drug-likeness (QED) is 0.860. The Kier molecular flexibility index (Phi) is 4.56. The summed E-state index contributed by atoms with van der Waals surface area (Å²) in [5.41, 5.74) is 5.57. The van der Waals surface area contributed by atoms with Gasteiger partial charge in [0.25, 0.3) is 0 Å². The van der Waals surface area contributed by atoms with Crippen LogP contribution in [-0.4, -0.2) is 26.8 Å². The zero-order valence-electron chi connectivity index (χ0n) is 13.3. The standard InChI is InChI=1S/C17H21NO4/c1-5-22-16(19)17(2,18)15-12-9-7-6-8-11(12)13(20-3)10-14(15)21-4/h6-10H,5,18H2,1-4H3. The fourth-order valence-corrected chi connectivity index (χ4v) is 2.57. The molecular weight excluding hydrogens is 282 g/mol. The van der Waals surface area contributed by atoms with Crippen molar-refractivity contribution in [2.75, 3.05) is 20.8 Å². The predicted molar refractivity (Wildman–Crippen MR) is 85.2 cm³/mol. The van der Waals surface area contributed by atoms with Crippen LogP contribution in [0.15, 0.2) is 30.3 Å². The van der Waals surface area contributed by atoms with Crippen LogP contribution in [0.1, 0.15) is 19.4 Å². The normalized spacial score (nSPS) is 13.5. The maximum Gasteiger partial charge on any atom is 0.330 e. The first-order valence-electron chi connectivity index (χ1n) is 7.07. The third-order valence-corrected chi connectivity index (χ3v) is 3.63. The van der Waals surface area contributed by atoms with Gasteiger partial charge in [-0.3, -0.25) is 0 Å². The van der Waals surface area contributed by atoms with Gasteiger partial charge in [0, 0.05) is 17.0 Å². The second-order valence-corrected chi connectivity index (χ2v) is 5.12. The van der Waals surface area contributed by atoms with E-state index in [2.05, 4.69) is 0 Å². The molecule has 2 N–H and O–H groups in total. The van der Waals surface area contributed by atoms with Crippen LogP contribution in [0, 0.1) is 0 Å². The second-order valence-electron chi connectivity index (χ2n) is 5.12. The fraction of sp³-hybridized carbons (Fsp3) is 0.353. The molecule has 118 valence electrons. The zero-order chi connectivity index (χ0) is 16.3. The molecule has 0 amide bonds. The number of carbonyl (C=O) groups excluding carboxylic acids is 1. The van der Waals surface area contributed by atoms with E-state index in [1.807, 2.05) is 24.3 Å². The molecule has 0 aliphatic rings. The molecule has 0 radical (unpaired) electrons. The summed E-state index contributed by atoms with van der Waals surface area (Å²) < 4.78 is 16.0. The molecular formula is C17H21NO4. The minimum absolute atomic E-state index is 0.266. The van der Waals surface area contributed by atoms with Crippen molar-refractivity contribution in [3.8, 4) is 11.5 Å². The number of hydrogen-bond acceptors (Lipinski definition) is 5. The Morgan fingerprint density at radius 3 is 2.27 bits per heavy atom. The van der Waals surface area contributed by atoms with Gasteiger partial charge in [-0.15, -0.1) is 0 Å². The van der Waals surface area contributed by atoms with Crippen LogP contribution >= 0.6 is 0 Å². The van der Waals surface area contributed by atoms with Crippen LogP contribution in [0.5, 0.6) is 11.5 Å². The maximum atomic E-state index is 12.3. The number of rotatable bonds is 5. The van der Waals surface area contributed by atoms with Crippen LogP contribution in [-0.2, 0) is 15.1 Å². The summed E-state index contributed by atoms with van der Waals surface area (Å²) in [6.45, 7) is 3.64. The molecule has 0 spiro atoms. The molecule has 0 saturated heterocycles. The lowest BCUT2D eigenvalue weighted by Crippen LogP contribution is -2.43. The Bertz CT molecular complexity index is 694. The van der Waals surface area contributed by atoms with Crippen molar-refractivity contribution < 1.29 is 19.0 Å². The van der Waals surface area contributed by atoms with E-state index in [4.69, 9.17) is 19.9 Å². The van der Waals surface area contributed by atoms with Gasteiger partial charge in [-0.2, -0.15) is 0 Å². The largest absolute Gasteiger partial charge is 0.496 e.